The van der Waals surface area contributed by atoms with Gasteiger partial charge in [-0.05, 0) is 48.9 Å². The lowest BCUT2D eigenvalue weighted by atomic mass is 10.1. The molecule has 1 amide bonds. The van der Waals surface area contributed by atoms with Gasteiger partial charge in [0, 0.05) is 6.20 Å². The lowest BCUT2D eigenvalue weighted by molar-refractivity contribution is -0.117. The molecule has 0 radical (unpaired) electrons. The van der Waals surface area contributed by atoms with Gasteiger partial charge in [0.1, 0.15) is 28.6 Å². The number of ether oxygens (including phenoxy) is 2. The Labute approximate surface area is 194 Å². The number of aromatic nitrogens is 2. The van der Waals surface area contributed by atoms with E-state index in [0.29, 0.717) is 22.9 Å². The third-order valence-electron chi connectivity index (χ3n) is 4.98. The molecular weight excluding hydrogens is 436 g/mol. The van der Waals surface area contributed by atoms with E-state index in [1.807, 2.05) is 19.1 Å². The van der Waals surface area contributed by atoms with E-state index in [1.165, 1.54) is 23.8 Å². The summed E-state index contributed by atoms with van der Waals surface area (Å²) < 4.78 is 17.8. The number of pyridine rings is 1. The summed E-state index contributed by atoms with van der Waals surface area (Å²) >= 11 is 0. The van der Waals surface area contributed by atoms with Gasteiger partial charge >= 0.3 is 0 Å². The molecule has 0 aliphatic heterocycles. The van der Waals surface area contributed by atoms with Gasteiger partial charge in [0.15, 0.2) is 11.5 Å². The quantitative estimate of drug-likeness (QED) is 0.333. The van der Waals surface area contributed by atoms with Crippen molar-refractivity contribution in [3.05, 3.63) is 93.8 Å². The monoisotopic (exact) mass is 456 g/mol. The van der Waals surface area contributed by atoms with Crippen molar-refractivity contribution in [2.75, 3.05) is 7.11 Å². The van der Waals surface area contributed by atoms with E-state index in [0.717, 1.165) is 5.56 Å². The highest BCUT2D eigenvalue weighted by atomic mass is 16.5. The van der Waals surface area contributed by atoms with Crippen LogP contribution in [0.25, 0.3) is 11.7 Å². The molecule has 0 spiro atoms. The van der Waals surface area contributed by atoms with E-state index < -0.39 is 11.5 Å². The molecule has 0 atom stereocenters. The summed E-state index contributed by atoms with van der Waals surface area (Å²) in [6, 6.07) is 15.6. The predicted molar refractivity (Wildman–Crippen MR) is 123 cm³/mol. The molecule has 3 heterocycles. The van der Waals surface area contributed by atoms with E-state index in [-0.39, 0.29) is 23.6 Å². The standard InChI is InChI=1S/C25H20N4O5/c1-16-7-5-11-29-22(16)28-24(34-21-10-4-3-9-20(21)32-2)19(25(29)31)13-17(14-26)23(30)27-15-18-8-6-12-33-18/h3-13H,15H2,1-2H3,(H,27,30). The highest BCUT2D eigenvalue weighted by Gasteiger charge is 2.19. The highest BCUT2D eigenvalue weighted by molar-refractivity contribution is 6.01. The first-order chi connectivity index (χ1) is 16.5. The number of carbonyl (C=O) groups excluding carboxylic acids is 1. The fraction of sp³-hybridized carbons (Fsp3) is 0.120. The average molecular weight is 456 g/mol. The van der Waals surface area contributed by atoms with Crippen LogP contribution in [0.3, 0.4) is 0 Å². The van der Waals surface area contributed by atoms with E-state index >= 15 is 0 Å². The first-order valence-corrected chi connectivity index (χ1v) is 10.3. The summed E-state index contributed by atoms with van der Waals surface area (Å²) in [5, 5.41) is 12.2. The Morgan fingerprint density at radius 3 is 2.71 bits per heavy atom. The van der Waals surface area contributed by atoms with Crippen molar-refractivity contribution in [2.45, 2.75) is 13.5 Å². The summed E-state index contributed by atoms with van der Waals surface area (Å²) in [6.07, 6.45) is 4.21. The van der Waals surface area contributed by atoms with Gasteiger partial charge in [0.2, 0.25) is 5.88 Å². The number of amides is 1. The molecule has 4 rings (SSSR count). The fourth-order valence-electron chi connectivity index (χ4n) is 3.27. The van der Waals surface area contributed by atoms with Crippen molar-refractivity contribution in [2.24, 2.45) is 0 Å². The van der Waals surface area contributed by atoms with Crippen LogP contribution < -0.4 is 20.3 Å². The molecule has 9 nitrogen and oxygen atoms in total. The van der Waals surface area contributed by atoms with Gasteiger partial charge in [-0.1, -0.05) is 18.2 Å². The number of nitrogens with one attached hydrogen (secondary N) is 1. The maximum absolute atomic E-state index is 13.4. The number of para-hydroxylation sites is 2. The molecule has 0 fully saturated rings. The van der Waals surface area contributed by atoms with Crippen LogP contribution in [0.2, 0.25) is 0 Å². The Morgan fingerprint density at radius 2 is 2.00 bits per heavy atom. The lowest BCUT2D eigenvalue weighted by Gasteiger charge is -2.13. The van der Waals surface area contributed by atoms with Crippen LogP contribution in [-0.2, 0) is 11.3 Å². The van der Waals surface area contributed by atoms with Crippen molar-refractivity contribution in [3.8, 4) is 23.4 Å². The largest absolute Gasteiger partial charge is 0.493 e. The van der Waals surface area contributed by atoms with Crippen LogP contribution >= 0.6 is 0 Å². The minimum absolute atomic E-state index is 0.0568. The van der Waals surface area contributed by atoms with E-state index in [9.17, 15) is 14.9 Å². The number of rotatable bonds is 7. The van der Waals surface area contributed by atoms with Crippen LogP contribution in [0.5, 0.6) is 17.4 Å². The lowest BCUT2D eigenvalue weighted by Crippen LogP contribution is -2.25. The molecule has 1 N–H and O–H groups in total. The van der Waals surface area contributed by atoms with Crippen molar-refractivity contribution < 1.29 is 18.7 Å². The summed E-state index contributed by atoms with van der Waals surface area (Å²) in [5.41, 5.74) is 0.291. The summed E-state index contributed by atoms with van der Waals surface area (Å²) in [7, 11) is 1.49. The molecule has 34 heavy (non-hydrogen) atoms. The topological polar surface area (TPSA) is 119 Å². The van der Waals surface area contributed by atoms with Crippen molar-refractivity contribution in [1.29, 1.82) is 5.26 Å². The van der Waals surface area contributed by atoms with Gasteiger partial charge in [0.05, 0.1) is 19.9 Å². The summed E-state index contributed by atoms with van der Waals surface area (Å²) in [6.45, 7) is 1.90. The maximum atomic E-state index is 13.4. The van der Waals surface area contributed by atoms with E-state index in [2.05, 4.69) is 10.3 Å². The predicted octanol–water partition coefficient (Wildman–Crippen LogP) is 3.62. The molecular formula is C25H20N4O5. The Hall–Kier alpha value is -4.84. The second kappa shape index (κ2) is 9.75. The molecule has 0 aliphatic carbocycles. The number of aryl methyl sites for hydroxylation is 1. The third kappa shape index (κ3) is 4.52. The SMILES string of the molecule is COc1ccccc1Oc1nc2c(C)cccn2c(=O)c1C=C(C#N)C(=O)NCc1ccco1. The zero-order valence-corrected chi connectivity index (χ0v) is 18.4. The van der Waals surface area contributed by atoms with Gasteiger partial charge in [-0.2, -0.15) is 10.2 Å². The van der Waals surface area contributed by atoms with Crippen LogP contribution in [0.15, 0.2) is 75.8 Å². The molecule has 4 aromatic rings. The number of carbonyl (C=O) groups is 1. The molecule has 0 aliphatic rings. The minimum Gasteiger partial charge on any atom is -0.493 e. The molecule has 170 valence electrons. The van der Waals surface area contributed by atoms with Gasteiger partial charge in [-0.25, -0.2) is 0 Å². The number of nitrogens with zero attached hydrogens (tertiary/aromatic N) is 3. The van der Waals surface area contributed by atoms with Crippen LogP contribution in [0.1, 0.15) is 16.9 Å². The summed E-state index contributed by atoms with van der Waals surface area (Å²) in [5.74, 6) is 0.547. The number of hydrogen-bond donors (Lipinski definition) is 1. The first kappa shape index (κ1) is 22.4. The second-order valence-electron chi connectivity index (χ2n) is 7.21. The van der Waals surface area contributed by atoms with Crippen LogP contribution in [0, 0.1) is 18.3 Å². The van der Waals surface area contributed by atoms with Crippen LogP contribution in [0.4, 0.5) is 0 Å². The van der Waals surface area contributed by atoms with E-state index in [1.54, 1.807) is 48.7 Å². The molecule has 9 heteroatoms. The summed E-state index contributed by atoms with van der Waals surface area (Å²) in [4.78, 5) is 30.5. The van der Waals surface area contributed by atoms with E-state index in [4.69, 9.17) is 13.9 Å². The first-order valence-electron chi connectivity index (χ1n) is 10.3. The average Bonchev–Trinajstić information content (AvgIpc) is 3.37. The number of hydrogen-bond acceptors (Lipinski definition) is 7. The molecule has 0 saturated carbocycles. The zero-order valence-electron chi connectivity index (χ0n) is 18.4. The maximum Gasteiger partial charge on any atom is 0.269 e. The molecule has 0 bridgehead atoms. The van der Waals surface area contributed by atoms with Crippen LogP contribution in [-0.4, -0.2) is 22.4 Å². The molecule has 0 saturated heterocycles. The second-order valence-corrected chi connectivity index (χ2v) is 7.21. The Balaban J connectivity index is 1.81. The molecule has 0 unspecified atom stereocenters. The van der Waals surface area contributed by atoms with Crippen molar-refractivity contribution in [3.63, 3.8) is 0 Å². The van der Waals surface area contributed by atoms with Crippen molar-refractivity contribution in [1.82, 2.24) is 14.7 Å². The number of fused-ring (bicyclic) bond motifs is 1. The minimum atomic E-state index is -0.670. The molecule has 1 aromatic carbocycles. The number of nitriles is 1. The Morgan fingerprint density at radius 1 is 1.21 bits per heavy atom. The zero-order chi connectivity index (χ0) is 24.1. The fourth-order valence-corrected chi connectivity index (χ4v) is 3.27. The number of furan rings is 1. The van der Waals surface area contributed by atoms with Gasteiger partial charge in [0.25, 0.3) is 11.5 Å². The van der Waals surface area contributed by atoms with Gasteiger partial charge in [-0.3, -0.25) is 14.0 Å². The third-order valence-corrected chi connectivity index (χ3v) is 4.98. The Bertz CT molecular complexity index is 1480. The number of methoxy groups -OCH3 is 1. The smallest absolute Gasteiger partial charge is 0.269 e. The molecule has 3 aromatic heterocycles. The highest BCUT2D eigenvalue weighted by Crippen LogP contribution is 2.32. The van der Waals surface area contributed by atoms with Gasteiger partial charge < -0.3 is 19.2 Å². The van der Waals surface area contributed by atoms with Crippen molar-refractivity contribution >= 4 is 17.6 Å². The van der Waals surface area contributed by atoms with Gasteiger partial charge in [-0.15, -0.1) is 0 Å². The number of benzene rings is 1. The normalized spacial score (nSPS) is 11.1. The Kier molecular flexibility index (Phi) is 6.41.